The number of nitriles is 1. The van der Waals surface area contributed by atoms with Crippen LogP contribution in [-0.2, 0) is 16.0 Å². The monoisotopic (exact) mass is 754 g/mol. The lowest BCUT2D eigenvalue weighted by Crippen LogP contribution is -2.41. The number of rotatable bonds is 9. The van der Waals surface area contributed by atoms with Crippen molar-refractivity contribution in [1.29, 1.82) is 5.26 Å². The number of nitrogens with one attached hydrogen (secondary N) is 1. The van der Waals surface area contributed by atoms with Gasteiger partial charge in [0.05, 0.1) is 52.6 Å². The normalized spacial score (nSPS) is 23.5. The van der Waals surface area contributed by atoms with Crippen LogP contribution in [0.1, 0.15) is 84.6 Å². The maximum Gasteiger partial charge on any atom is 0.360 e. The zero-order valence-corrected chi connectivity index (χ0v) is 30.8. The van der Waals surface area contributed by atoms with E-state index in [2.05, 4.69) is 32.3 Å². The van der Waals surface area contributed by atoms with E-state index in [-0.39, 0.29) is 65.3 Å². The summed E-state index contributed by atoms with van der Waals surface area (Å²) >= 11 is 13.1. The first-order chi connectivity index (χ1) is 25.7. The number of aryl methyl sites for hydroxylation is 2. The number of nitrogens with zero attached hydrogens (tertiary/aromatic N) is 7. The fourth-order valence-electron chi connectivity index (χ4n) is 8.95. The predicted octanol–water partition coefficient (Wildman–Crippen LogP) is 7.29. The number of benzene rings is 2. The van der Waals surface area contributed by atoms with Crippen LogP contribution in [0.2, 0.25) is 10.0 Å². The number of carbonyl (C=O) groups excluding carboxylic acids is 2. The van der Waals surface area contributed by atoms with Gasteiger partial charge in [-0.15, -0.1) is 5.10 Å². The third-order valence-corrected chi connectivity index (χ3v) is 12.5. The Bertz CT molecular complexity index is 2370. The average molecular weight is 756 g/mol. The van der Waals surface area contributed by atoms with Gasteiger partial charge in [-0.3, -0.25) is 4.79 Å². The minimum atomic E-state index is -0.538. The first-order valence-corrected chi connectivity index (χ1v) is 19.0. The van der Waals surface area contributed by atoms with Crippen LogP contribution in [0, 0.1) is 35.9 Å². The maximum absolute atomic E-state index is 17.2. The predicted molar refractivity (Wildman–Crippen MR) is 197 cm³/mol. The van der Waals surface area contributed by atoms with E-state index in [1.54, 1.807) is 36.0 Å². The average Bonchev–Trinajstić information content (AvgIpc) is 3.64. The van der Waals surface area contributed by atoms with Crippen LogP contribution in [0.15, 0.2) is 36.5 Å². The van der Waals surface area contributed by atoms with Gasteiger partial charge in [-0.25, -0.2) is 18.9 Å². The zero-order valence-electron chi connectivity index (χ0n) is 29.3. The Morgan fingerprint density at radius 2 is 2.00 bits per heavy atom. The first kappa shape index (κ1) is 34.2. The molecule has 1 amide bonds. The number of hydrogen-bond donors (Lipinski definition) is 1. The molecule has 2 bridgehead atoms. The Kier molecular flexibility index (Phi) is 8.44. The molecular weight excluding hydrogens is 718 g/mol. The summed E-state index contributed by atoms with van der Waals surface area (Å²) in [6.45, 7) is 5.16. The number of aromatic nitrogens is 5. The van der Waals surface area contributed by atoms with Gasteiger partial charge in [0, 0.05) is 64.8 Å². The van der Waals surface area contributed by atoms with E-state index in [9.17, 15) is 14.9 Å². The van der Waals surface area contributed by atoms with E-state index in [1.165, 1.54) is 0 Å². The maximum atomic E-state index is 17.2. The highest BCUT2D eigenvalue weighted by atomic mass is 35.5. The number of pyridine rings is 1. The Balaban J connectivity index is 1.25. The second-order valence-corrected chi connectivity index (χ2v) is 15.5. The largest absolute Gasteiger partial charge is 0.461 e. The van der Waals surface area contributed by atoms with Gasteiger partial charge in [0.2, 0.25) is 5.91 Å². The molecule has 5 unspecified atom stereocenters. The van der Waals surface area contributed by atoms with Crippen molar-refractivity contribution in [3.8, 4) is 17.2 Å². The first-order valence-electron chi connectivity index (χ1n) is 18.3. The number of amides is 1. The molecule has 2 saturated carbocycles. The molecule has 11 nitrogen and oxygen atoms in total. The van der Waals surface area contributed by atoms with E-state index in [0.717, 1.165) is 42.4 Å². The number of ether oxygens (including phenoxy) is 1. The van der Waals surface area contributed by atoms with Crippen LogP contribution >= 0.6 is 23.2 Å². The summed E-state index contributed by atoms with van der Waals surface area (Å²) in [6, 6.07) is 11.3. The summed E-state index contributed by atoms with van der Waals surface area (Å²) in [7, 11) is 0. The fourth-order valence-corrected chi connectivity index (χ4v) is 9.34. The molecule has 3 saturated heterocycles. The van der Waals surface area contributed by atoms with Crippen molar-refractivity contribution >= 4 is 56.9 Å². The van der Waals surface area contributed by atoms with Crippen LogP contribution in [0.5, 0.6) is 0 Å². The Morgan fingerprint density at radius 3 is 2.72 bits per heavy atom. The Morgan fingerprint density at radius 1 is 1.17 bits per heavy atom. The van der Waals surface area contributed by atoms with E-state index in [4.69, 9.17) is 32.9 Å². The van der Waals surface area contributed by atoms with Crippen LogP contribution in [-0.4, -0.2) is 67.1 Å². The zero-order chi connectivity index (χ0) is 36.7. The SMILES string of the molecule is CCOC(=O)c1cn(C2CC(c3cc4c(C)nc5c(F)c(-c6cccc(Cl)c6Cl)c(CCC#N)cc5c4n3C3C4CNC3C4)N(C(=O)C3CC3)C2)nn1. The molecule has 5 atom stereocenters. The second-order valence-electron chi connectivity index (χ2n) is 14.8. The topological polar surface area (TPSA) is 131 Å². The molecule has 5 aliphatic rings. The van der Waals surface area contributed by atoms with Crippen LogP contribution < -0.4 is 5.32 Å². The number of fused-ring (bicyclic) bond motifs is 4. The summed E-state index contributed by atoms with van der Waals surface area (Å²) in [5.41, 5.74) is 4.26. The molecule has 2 aromatic carbocycles. The number of carbonyl (C=O) groups is 2. The molecule has 53 heavy (non-hydrogen) atoms. The molecule has 5 aromatic rings. The van der Waals surface area contributed by atoms with E-state index in [1.807, 2.05) is 17.9 Å². The summed E-state index contributed by atoms with van der Waals surface area (Å²) in [5.74, 6) is -0.577. The molecule has 10 rings (SSSR count). The highest BCUT2D eigenvalue weighted by Gasteiger charge is 2.51. The number of hydrogen-bond acceptors (Lipinski definition) is 8. The molecule has 1 N–H and O–H groups in total. The summed E-state index contributed by atoms with van der Waals surface area (Å²) in [5, 5.41) is 23.8. The molecule has 14 heteroatoms. The lowest BCUT2D eigenvalue weighted by molar-refractivity contribution is -0.133. The molecule has 0 radical (unpaired) electrons. The molecule has 3 aliphatic heterocycles. The molecule has 2 aliphatic carbocycles. The van der Waals surface area contributed by atoms with Crippen molar-refractivity contribution in [3.63, 3.8) is 0 Å². The standard InChI is InChI=1S/C39H37Cl2FN8O3/c1-3-53-39(52)29-18-49(47-46-29)23-14-30(48(17-23)38(51)20-9-10-20)31-15-25-19(2)45-35-26(37(25)50(31)36-22-13-28(36)44-16-22)12-21(6-5-11-43)32(34(35)42)24-7-4-8-27(40)33(24)41/h4,7-8,12,15,18,20,22-23,28,30,36,44H,3,5-6,9-10,13-14,16-17H2,1-2H3. The van der Waals surface area contributed by atoms with Crippen molar-refractivity contribution in [2.24, 2.45) is 11.8 Å². The Hall–Kier alpha value is -4.57. The molecular formula is C39H37Cl2FN8O3. The van der Waals surface area contributed by atoms with E-state index < -0.39 is 11.8 Å². The number of halogens is 3. The summed E-state index contributed by atoms with van der Waals surface area (Å²) in [6.07, 6.45) is 5.41. The molecule has 6 heterocycles. The smallest absolute Gasteiger partial charge is 0.360 e. The minimum absolute atomic E-state index is 0.0146. The van der Waals surface area contributed by atoms with Crippen molar-refractivity contribution in [3.05, 3.63) is 75.0 Å². The van der Waals surface area contributed by atoms with Gasteiger partial charge < -0.3 is 19.5 Å². The highest BCUT2D eigenvalue weighted by Crippen LogP contribution is 2.52. The Labute approximate surface area is 315 Å². The van der Waals surface area contributed by atoms with Crippen LogP contribution in [0.25, 0.3) is 32.9 Å². The quantitative estimate of drug-likeness (QED) is 0.155. The van der Waals surface area contributed by atoms with Gasteiger partial charge in [0.25, 0.3) is 0 Å². The van der Waals surface area contributed by atoms with Crippen molar-refractivity contribution < 1.29 is 18.7 Å². The van der Waals surface area contributed by atoms with E-state index in [0.29, 0.717) is 58.1 Å². The van der Waals surface area contributed by atoms with Crippen LogP contribution in [0.3, 0.4) is 0 Å². The number of likely N-dealkylation sites (tertiary alicyclic amines) is 1. The fraction of sp³-hybridized carbons (Fsp3) is 0.436. The number of esters is 1. The van der Waals surface area contributed by atoms with Crippen molar-refractivity contribution in [2.75, 3.05) is 19.7 Å². The highest BCUT2D eigenvalue weighted by molar-refractivity contribution is 6.43. The second kappa shape index (κ2) is 13.1. The summed E-state index contributed by atoms with van der Waals surface area (Å²) < 4.78 is 26.4. The van der Waals surface area contributed by atoms with Gasteiger partial charge in [0.15, 0.2) is 11.5 Å². The third-order valence-electron chi connectivity index (χ3n) is 11.6. The van der Waals surface area contributed by atoms with Gasteiger partial charge >= 0.3 is 5.97 Å². The third kappa shape index (κ3) is 5.50. The van der Waals surface area contributed by atoms with Crippen molar-refractivity contribution in [2.45, 2.75) is 76.5 Å². The van der Waals surface area contributed by atoms with Crippen LogP contribution in [0.4, 0.5) is 4.39 Å². The minimum Gasteiger partial charge on any atom is -0.461 e. The summed E-state index contributed by atoms with van der Waals surface area (Å²) in [4.78, 5) is 33.4. The van der Waals surface area contributed by atoms with Crippen molar-refractivity contribution in [1.82, 2.24) is 34.8 Å². The molecule has 3 aromatic heterocycles. The molecule has 5 fully saturated rings. The van der Waals surface area contributed by atoms with E-state index >= 15 is 4.39 Å². The van der Waals surface area contributed by atoms with Gasteiger partial charge in [-0.05, 0) is 75.6 Å². The van der Waals surface area contributed by atoms with Gasteiger partial charge in [-0.2, -0.15) is 5.26 Å². The molecule has 0 spiro atoms. The molecule has 272 valence electrons. The lowest BCUT2D eigenvalue weighted by Gasteiger charge is -2.39. The van der Waals surface area contributed by atoms with Gasteiger partial charge in [0.1, 0.15) is 5.52 Å². The van der Waals surface area contributed by atoms with Gasteiger partial charge in [-0.1, -0.05) is 40.5 Å². The lowest BCUT2D eigenvalue weighted by atomic mass is 9.79.